The topological polar surface area (TPSA) is 71.2 Å². The summed E-state index contributed by atoms with van der Waals surface area (Å²) in [5.41, 5.74) is 10.1. The van der Waals surface area contributed by atoms with E-state index in [1.54, 1.807) is 16.8 Å². The number of hydrogen-bond acceptors (Lipinski definition) is 5. The number of likely N-dealkylation sites (tertiary alicyclic amines) is 1. The maximum absolute atomic E-state index is 12.4. The van der Waals surface area contributed by atoms with Crippen LogP contribution in [-0.2, 0) is 4.79 Å². The Hall–Kier alpha value is -1.82. The molecule has 1 saturated heterocycles. The van der Waals surface area contributed by atoms with Crippen LogP contribution in [0.15, 0.2) is 17.6 Å². The third kappa shape index (κ3) is 2.81. The van der Waals surface area contributed by atoms with E-state index in [1.807, 2.05) is 24.0 Å². The Kier molecular flexibility index (Phi) is 3.96. The normalized spacial score (nSPS) is 16.9. The number of nitrogens with one attached hydrogen (secondary N) is 1. The van der Waals surface area contributed by atoms with Crippen molar-refractivity contribution in [3.05, 3.63) is 17.6 Å². The number of rotatable bonds is 3. The first-order valence-electron chi connectivity index (χ1n) is 7.34. The molecule has 112 valence electrons. The van der Waals surface area contributed by atoms with Crippen LogP contribution in [0.5, 0.6) is 0 Å². The molecular weight excluding hydrogens is 284 g/mol. The Morgan fingerprint density at radius 3 is 2.90 bits per heavy atom. The van der Waals surface area contributed by atoms with Gasteiger partial charge in [-0.3, -0.25) is 4.79 Å². The van der Waals surface area contributed by atoms with E-state index < -0.39 is 0 Å². The van der Waals surface area contributed by atoms with Crippen molar-refractivity contribution in [2.75, 3.05) is 24.1 Å². The van der Waals surface area contributed by atoms with E-state index in [9.17, 15) is 4.79 Å². The standard InChI is InChI=1S/C15H20N4OS/c1-10(15(20)19-7-3-2-4-8-19)18-11-5-6-12-14(13(11)16)17-9-21-12/h5-6,9-10,18H,2-4,7-8,16H2,1H3. The minimum absolute atomic E-state index is 0.146. The number of hydrogen-bond donors (Lipinski definition) is 2. The first-order valence-corrected chi connectivity index (χ1v) is 8.22. The molecule has 1 atom stereocenters. The molecule has 21 heavy (non-hydrogen) atoms. The van der Waals surface area contributed by atoms with Crippen LogP contribution in [0.4, 0.5) is 11.4 Å². The molecule has 0 bridgehead atoms. The highest BCUT2D eigenvalue weighted by atomic mass is 32.1. The Labute approximate surface area is 128 Å². The van der Waals surface area contributed by atoms with E-state index in [0.29, 0.717) is 5.69 Å². The lowest BCUT2D eigenvalue weighted by Crippen LogP contribution is -2.43. The van der Waals surface area contributed by atoms with Gasteiger partial charge in [-0.25, -0.2) is 4.98 Å². The van der Waals surface area contributed by atoms with Gasteiger partial charge < -0.3 is 16.0 Å². The van der Waals surface area contributed by atoms with E-state index in [0.717, 1.165) is 41.8 Å². The number of nitrogens with two attached hydrogens (primary N) is 1. The maximum Gasteiger partial charge on any atom is 0.244 e. The van der Waals surface area contributed by atoms with Gasteiger partial charge in [0.15, 0.2) is 0 Å². The Balaban J connectivity index is 1.74. The van der Waals surface area contributed by atoms with Gasteiger partial charge in [0.25, 0.3) is 0 Å². The maximum atomic E-state index is 12.4. The molecular formula is C15H20N4OS. The minimum atomic E-state index is -0.276. The molecule has 2 aromatic rings. The molecule has 5 nitrogen and oxygen atoms in total. The molecule has 1 aliphatic heterocycles. The number of carbonyl (C=O) groups excluding carboxylic acids is 1. The lowest BCUT2D eigenvalue weighted by atomic mass is 10.1. The fourth-order valence-electron chi connectivity index (χ4n) is 2.76. The molecule has 6 heteroatoms. The monoisotopic (exact) mass is 304 g/mol. The Bertz CT molecular complexity index is 648. The van der Waals surface area contributed by atoms with E-state index >= 15 is 0 Å². The summed E-state index contributed by atoms with van der Waals surface area (Å²) >= 11 is 1.56. The largest absolute Gasteiger partial charge is 0.395 e. The molecule has 1 aromatic carbocycles. The summed E-state index contributed by atoms with van der Waals surface area (Å²) in [5.74, 6) is 0.146. The molecule has 0 saturated carbocycles. The average Bonchev–Trinajstić information content (AvgIpc) is 2.99. The molecule has 3 N–H and O–H groups in total. The van der Waals surface area contributed by atoms with E-state index in [1.165, 1.54) is 6.42 Å². The smallest absolute Gasteiger partial charge is 0.244 e. The number of fused-ring (bicyclic) bond motifs is 1. The van der Waals surface area contributed by atoms with Crippen molar-refractivity contribution in [2.45, 2.75) is 32.2 Å². The van der Waals surface area contributed by atoms with Gasteiger partial charge in [0, 0.05) is 13.1 Å². The zero-order chi connectivity index (χ0) is 14.8. The highest BCUT2D eigenvalue weighted by Gasteiger charge is 2.22. The molecule has 0 aliphatic carbocycles. The molecule has 1 aliphatic rings. The second-order valence-corrected chi connectivity index (χ2v) is 6.36. The van der Waals surface area contributed by atoms with Gasteiger partial charge in [-0.2, -0.15) is 0 Å². The molecule has 1 amide bonds. The van der Waals surface area contributed by atoms with E-state index in [2.05, 4.69) is 10.3 Å². The quantitative estimate of drug-likeness (QED) is 0.855. The minimum Gasteiger partial charge on any atom is -0.395 e. The Morgan fingerprint density at radius 2 is 2.14 bits per heavy atom. The van der Waals surface area contributed by atoms with Crippen LogP contribution in [0.3, 0.4) is 0 Å². The Morgan fingerprint density at radius 1 is 1.38 bits per heavy atom. The summed E-state index contributed by atoms with van der Waals surface area (Å²) < 4.78 is 1.06. The molecule has 3 rings (SSSR count). The number of thiazole rings is 1. The van der Waals surface area contributed by atoms with E-state index in [-0.39, 0.29) is 11.9 Å². The number of nitrogen functional groups attached to an aromatic ring is 1. The zero-order valence-electron chi connectivity index (χ0n) is 12.1. The van der Waals surface area contributed by atoms with Crippen molar-refractivity contribution in [1.29, 1.82) is 0 Å². The predicted octanol–water partition coefficient (Wildman–Crippen LogP) is 2.69. The van der Waals surface area contributed by atoms with Gasteiger partial charge in [0.1, 0.15) is 11.6 Å². The molecule has 0 radical (unpaired) electrons. The number of anilines is 2. The summed E-state index contributed by atoms with van der Waals surface area (Å²) in [6, 6.07) is 3.64. The molecule has 1 unspecified atom stereocenters. The molecule has 1 fully saturated rings. The van der Waals surface area contributed by atoms with E-state index in [4.69, 9.17) is 5.73 Å². The van der Waals surface area contributed by atoms with Crippen LogP contribution < -0.4 is 11.1 Å². The second-order valence-electron chi connectivity index (χ2n) is 5.48. The number of benzene rings is 1. The number of nitrogens with zero attached hydrogens (tertiary/aromatic N) is 2. The molecule has 1 aromatic heterocycles. The highest BCUT2D eigenvalue weighted by Crippen LogP contribution is 2.30. The fourth-order valence-corrected chi connectivity index (χ4v) is 3.45. The van der Waals surface area contributed by atoms with Crippen molar-refractivity contribution in [3.8, 4) is 0 Å². The second kappa shape index (κ2) is 5.89. The zero-order valence-corrected chi connectivity index (χ0v) is 12.9. The third-order valence-electron chi connectivity index (χ3n) is 3.95. The van der Waals surface area contributed by atoms with Gasteiger partial charge >= 0.3 is 0 Å². The first-order chi connectivity index (χ1) is 10.2. The van der Waals surface area contributed by atoms with Crippen molar-refractivity contribution in [3.63, 3.8) is 0 Å². The summed E-state index contributed by atoms with van der Waals surface area (Å²) in [6.07, 6.45) is 3.43. The lowest BCUT2D eigenvalue weighted by Gasteiger charge is -2.30. The highest BCUT2D eigenvalue weighted by molar-refractivity contribution is 7.16. The summed E-state index contributed by atoms with van der Waals surface area (Å²) in [4.78, 5) is 18.7. The van der Waals surface area contributed by atoms with Crippen LogP contribution in [-0.4, -0.2) is 34.9 Å². The number of aromatic nitrogens is 1. The average molecular weight is 304 g/mol. The lowest BCUT2D eigenvalue weighted by molar-refractivity contribution is -0.132. The van der Waals surface area contributed by atoms with Gasteiger partial charge in [-0.1, -0.05) is 0 Å². The summed E-state index contributed by atoms with van der Waals surface area (Å²) in [7, 11) is 0. The van der Waals surface area contributed by atoms with Crippen molar-refractivity contribution < 1.29 is 4.79 Å². The van der Waals surface area contributed by atoms with Crippen LogP contribution in [0, 0.1) is 0 Å². The van der Waals surface area contributed by atoms with Crippen LogP contribution in [0.2, 0.25) is 0 Å². The molecule has 2 heterocycles. The van der Waals surface area contributed by atoms with Gasteiger partial charge in [0.2, 0.25) is 5.91 Å². The number of amides is 1. The van der Waals surface area contributed by atoms with Gasteiger partial charge in [0.05, 0.1) is 21.6 Å². The van der Waals surface area contributed by atoms with Gasteiger partial charge in [-0.15, -0.1) is 11.3 Å². The first kappa shape index (κ1) is 14.1. The number of carbonyl (C=O) groups is 1. The van der Waals surface area contributed by atoms with Crippen molar-refractivity contribution >= 4 is 38.8 Å². The van der Waals surface area contributed by atoms with Crippen molar-refractivity contribution in [1.82, 2.24) is 9.88 Å². The van der Waals surface area contributed by atoms with Crippen LogP contribution in [0.25, 0.3) is 10.2 Å². The van der Waals surface area contributed by atoms with Gasteiger partial charge in [-0.05, 0) is 38.3 Å². The van der Waals surface area contributed by atoms with Crippen LogP contribution in [0.1, 0.15) is 26.2 Å². The van der Waals surface area contributed by atoms with Crippen LogP contribution >= 0.6 is 11.3 Å². The summed E-state index contributed by atoms with van der Waals surface area (Å²) in [5, 5.41) is 3.24. The van der Waals surface area contributed by atoms with Crippen molar-refractivity contribution in [2.24, 2.45) is 0 Å². The number of piperidine rings is 1. The molecule has 0 spiro atoms. The predicted molar refractivity (Wildman–Crippen MR) is 87.5 cm³/mol. The fraction of sp³-hybridized carbons (Fsp3) is 0.467. The SMILES string of the molecule is CC(Nc1ccc2scnc2c1N)C(=O)N1CCCCC1. The third-order valence-corrected chi connectivity index (χ3v) is 4.75. The summed E-state index contributed by atoms with van der Waals surface area (Å²) in [6.45, 7) is 3.62.